The predicted molar refractivity (Wildman–Crippen MR) is 71.3 cm³/mol. The van der Waals surface area contributed by atoms with E-state index in [0.29, 0.717) is 17.7 Å². The Bertz CT molecular complexity index is 358. The third-order valence-electron chi connectivity index (χ3n) is 3.86. The second kappa shape index (κ2) is 6.36. The fourth-order valence-electron chi connectivity index (χ4n) is 2.64. The molecule has 1 unspecified atom stereocenters. The van der Waals surface area contributed by atoms with Crippen LogP contribution in [-0.4, -0.2) is 36.2 Å². The van der Waals surface area contributed by atoms with Crippen LogP contribution in [-0.2, 0) is 6.61 Å². The van der Waals surface area contributed by atoms with Crippen LogP contribution in [0.3, 0.4) is 0 Å². The molecule has 4 nitrogen and oxygen atoms in total. The highest BCUT2D eigenvalue weighted by Gasteiger charge is 2.28. The van der Waals surface area contributed by atoms with Gasteiger partial charge in [0.05, 0.1) is 6.04 Å². The lowest BCUT2D eigenvalue weighted by molar-refractivity contribution is 0.107. The van der Waals surface area contributed by atoms with E-state index < -0.39 is 0 Å². The molecule has 2 N–H and O–H groups in total. The van der Waals surface area contributed by atoms with E-state index in [1.165, 1.54) is 0 Å². The lowest BCUT2D eigenvalue weighted by Gasteiger charge is -2.36. The minimum Gasteiger partial charge on any atom is -0.462 e. The predicted octanol–water partition coefficient (Wildman–Crippen LogP) is 1.76. The molecule has 0 bridgehead atoms. The van der Waals surface area contributed by atoms with Crippen LogP contribution in [0.4, 0.5) is 0 Å². The molecule has 1 aliphatic rings. The number of hydrogen-bond donors (Lipinski definition) is 2. The molecule has 1 aromatic heterocycles. The van der Waals surface area contributed by atoms with Gasteiger partial charge in [-0.05, 0) is 18.1 Å². The second-order valence-corrected chi connectivity index (χ2v) is 5.08. The molecule has 0 saturated carbocycles. The van der Waals surface area contributed by atoms with E-state index in [0.717, 1.165) is 38.4 Å². The molecule has 102 valence electrons. The summed E-state index contributed by atoms with van der Waals surface area (Å²) in [6, 6.07) is 4.23. The molecule has 0 amide bonds. The number of piperazine rings is 1. The minimum atomic E-state index is -0.0191. The molecule has 2 rings (SSSR count). The first-order chi connectivity index (χ1) is 8.76. The fraction of sp³-hybridized carbons (Fsp3) is 0.714. The van der Waals surface area contributed by atoms with E-state index >= 15 is 0 Å². The van der Waals surface area contributed by atoms with E-state index in [1.54, 1.807) is 0 Å². The van der Waals surface area contributed by atoms with Crippen molar-refractivity contribution in [1.29, 1.82) is 0 Å². The van der Waals surface area contributed by atoms with Crippen LogP contribution in [0.25, 0.3) is 0 Å². The Morgan fingerprint density at radius 1 is 1.39 bits per heavy atom. The fourth-order valence-corrected chi connectivity index (χ4v) is 2.64. The summed E-state index contributed by atoms with van der Waals surface area (Å²) in [4.78, 5) is 2.49. The topological polar surface area (TPSA) is 48.6 Å². The Morgan fingerprint density at radius 2 is 2.11 bits per heavy atom. The zero-order valence-corrected chi connectivity index (χ0v) is 11.4. The van der Waals surface area contributed by atoms with Gasteiger partial charge in [-0.1, -0.05) is 20.3 Å². The standard InChI is InChI=1S/C14H24N2O2/c1-3-11(2)14(16-8-6-15-7-9-16)13-5-4-12(10-17)18-13/h4-5,11,14-15,17H,3,6-10H2,1-2H3/t11?,14-/m0/s1. The molecule has 2 atom stereocenters. The summed E-state index contributed by atoms with van der Waals surface area (Å²) in [6.07, 6.45) is 1.13. The van der Waals surface area contributed by atoms with Crippen LogP contribution in [0.5, 0.6) is 0 Å². The first kappa shape index (κ1) is 13.6. The number of aliphatic hydroxyl groups is 1. The van der Waals surface area contributed by atoms with Crippen LogP contribution in [0.15, 0.2) is 16.5 Å². The highest BCUT2D eigenvalue weighted by Crippen LogP contribution is 2.32. The number of aliphatic hydroxyl groups excluding tert-OH is 1. The quantitative estimate of drug-likeness (QED) is 0.838. The summed E-state index contributed by atoms with van der Waals surface area (Å²) in [6.45, 7) is 8.67. The number of furan rings is 1. The van der Waals surface area contributed by atoms with Crippen LogP contribution < -0.4 is 5.32 Å². The monoisotopic (exact) mass is 252 g/mol. The molecular formula is C14H24N2O2. The summed E-state index contributed by atoms with van der Waals surface area (Å²) in [5, 5.41) is 12.5. The minimum absolute atomic E-state index is 0.0191. The van der Waals surface area contributed by atoms with Crippen molar-refractivity contribution >= 4 is 0 Å². The Morgan fingerprint density at radius 3 is 2.67 bits per heavy atom. The van der Waals surface area contributed by atoms with Crippen molar-refractivity contribution < 1.29 is 9.52 Å². The van der Waals surface area contributed by atoms with Crippen LogP contribution in [0.2, 0.25) is 0 Å². The molecule has 1 saturated heterocycles. The van der Waals surface area contributed by atoms with Gasteiger partial charge in [0.25, 0.3) is 0 Å². The molecule has 1 aliphatic heterocycles. The third-order valence-corrected chi connectivity index (χ3v) is 3.86. The van der Waals surface area contributed by atoms with Gasteiger partial charge in [-0.25, -0.2) is 0 Å². The van der Waals surface area contributed by atoms with Gasteiger partial charge < -0.3 is 14.8 Å². The molecule has 0 spiro atoms. The summed E-state index contributed by atoms with van der Waals surface area (Å²) in [7, 11) is 0. The van der Waals surface area contributed by atoms with Crippen molar-refractivity contribution in [2.24, 2.45) is 5.92 Å². The van der Waals surface area contributed by atoms with Crippen molar-refractivity contribution in [3.63, 3.8) is 0 Å². The number of hydrogen-bond acceptors (Lipinski definition) is 4. The van der Waals surface area contributed by atoms with Crippen LogP contribution in [0.1, 0.15) is 37.8 Å². The summed E-state index contributed by atoms with van der Waals surface area (Å²) in [5.74, 6) is 2.21. The molecule has 1 fully saturated rings. The average molecular weight is 252 g/mol. The van der Waals surface area contributed by atoms with Crippen LogP contribution in [0, 0.1) is 5.92 Å². The first-order valence-electron chi connectivity index (χ1n) is 6.90. The molecule has 0 aliphatic carbocycles. The molecule has 2 heterocycles. The zero-order valence-electron chi connectivity index (χ0n) is 11.4. The van der Waals surface area contributed by atoms with Crippen molar-refractivity contribution in [1.82, 2.24) is 10.2 Å². The number of rotatable bonds is 5. The lowest BCUT2D eigenvalue weighted by atomic mass is 9.95. The van der Waals surface area contributed by atoms with Crippen molar-refractivity contribution in [3.05, 3.63) is 23.7 Å². The van der Waals surface area contributed by atoms with Gasteiger partial charge >= 0.3 is 0 Å². The lowest BCUT2D eigenvalue weighted by Crippen LogP contribution is -2.46. The van der Waals surface area contributed by atoms with Gasteiger partial charge in [-0.15, -0.1) is 0 Å². The zero-order chi connectivity index (χ0) is 13.0. The Hall–Kier alpha value is -0.840. The highest BCUT2D eigenvalue weighted by molar-refractivity contribution is 5.11. The van der Waals surface area contributed by atoms with Gasteiger partial charge in [0.2, 0.25) is 0 Å². The smallest absolute Gasteiger partial charge is 0.129 e. The van der Waals surface area contributed by atoms with Gasteiger partial charge in [0.1, 0.15) is 18.1 Å². The SMILES string of the molecule is CCC(C)[C@@H](c1ccc(CO)o1)N1CCNCC1. The van der Waals surface area contributed by atoms with E-state index in [-0.39, 0.29) is 6.61 Å². The highest BCUT2D eigenvalue weighted by atomic mass is 16.4. The van der Waals surface area contributed by atoms with Gasteiger partial charge in [-0.2, -0.15) is 0 Å². The maximum Gasteiger partial charge on any atom is 0.129 e. The molecule has 1 aromatic rings. The summed E-state index contributed by atoms with van der Waals surface area (Å²) >= 11 is 0. The maximum absolute atomic E-state index is 9.12. The van der Waals surface area contributed by atoms with E-state index in [1.807, 2.05) is 12.1 Å². The molecule has 4 heteroatoms. The van der Waals surface area contributed by atoms with Gasteiger partial charge in [0.15, 0.2) is 0 Å². The van der Waals surface area contributed by atoms with Gasteiger partial charge in [-0.3, -0.25) is 4.90 Å². The second-order valence-electron chi connectivity index (χ2n) is 5.08. The maximum atomic E-state index is 9.12. The Balaban J connectivity index is 2.17. The Kier molecular flexibility index (Phi) is 4.80. The van der Waals surface area contributed by atoms with Crippen molar-refractivity contribution in [2.45, 2.75) is 32.9 Å². The van der Waals surface area contributed by atoms with Gasteiger partial charge in [0, 0.05) is 26.2 Å². The third kappa shape index (κ3) is 2.94. The van der Waals surface area contributed by atoms with Crippen molar-refractivity contribution in [3.8, 4) is 0 Å². The summed E-state index contributed by atoms with van der Waals surface area (Å²) < 4.78 is 5.76. The van der Waals surface area contributed by atoms with E-state index in [4.69, 9.17) is 9.52 Å². The normalized spacial score (nSPS) is 20.8. The average Bonchev–Trinajstić information content (AvgIpc) is 2.88. The largest absolute Gasteiger partial charge is 0.462 e. The van der Waals surface area contributed by atoms with E-state index in [9.17, 15) is 0 Å². The Labute approximate surface area is 109 Å². The molecular weight excluding hydrogens is 228 g/mol. The molecule has 18 heavy (non-hydrogen) atoms. The van der Waals surface area contributed by atoms with E-state index in [2.05, 4.69) is 24.1 Å². The number of nitrogens with one attached hydrogen (secondary N) is 1. The molecule has 0 radical (unpaired) electrons. The van der Waals surface area contributed by atoms with Crippen LogP contribution >= 0.6 is 0 Å². The molecule has 0 aromatic carbocycles. The number of nitrogens with zero attached hydrogens (tertiary/aromatic N) is 1. The van der Waals surface area contributed by atoms with Crippen molar-refractivity contribution in [2.75, 3.05) is 26.2 Å². The first-order valence-corrected chi connectivity index (χ1v) is 6.90. The summed E-state index contributed by atoms with van der Waals surface area (Å²) in [5.41, 5.74) is 0.